The summed E-state index contributed by atoms with van der Waals surface area (Å²) in [5, 5.41) is 11.5. The predicted octanol–water partition coefficient (Wildman–Crippen LogP) is 3.84. The maximum atomic E-state index is 11.0. The highest BCUT2D eigenvalue weighted by atomic mass is 35.5. The average Bonchev–Trinajstić information content (AvgIpc) is 2.39. The second kappa shape index (κ2) is 5.88. The Balaban J connectivity index is 2.25. The first-order valence-electron chi connectivity index (χ1n) is 5.97. The van der Waals surface area contributed by atoms with Crippen molar-refractivity contribution >= 4 is 17.3 Å². The Kier molecular flexibility index (Phi) is 4.20. The highest BCUT2D eigenvalue weighted by Gasteiger charge is 2.19. The number of hydrogen-bond acceptors (Lipinski definition) is 4. The third kappa shape index (κ3) is 2.88. The van der Waals surface area contributed by atoms with E-state index in [0.717, 1.165) is 0 Å². The largest absolute Gasteiger partial charge is 0.486 e. The molecule has 1 aromatic carbocycles. The predicted molar refractivity (Wildman–Crippen MR) is 76.1 cm³/mol. The van der Waals surface area contributed by atoms with Gasteiger partial charge in [-0.1, -0.05) is 23.7 Å². The van der Waals surface area contributed by atoms with Gasteiger partial charge in [-0.25, -0.2) is 0 Å². The molecule has 1 aromatic heterocycles. The monoisotopic (exact) mass is 292 g/mol. The Hall–Kier alpha value is -2.14. The molecule has 1 heterocycles. The van der Waals surface area contributed by atoms with Crippen LogP contribution in [0.4, 0.5) is 5.69 Å². The molecule has 0 fully saturated rings. The molecule has 2 aromatic rings. The Bertz CT molecular complexity index is 659. The summed E-state index contributed by atoms with van der Waals surface area (Å²) in [7, 11) is 0. The molecule has 20 heavy (non-hydrogen) atoms. The lowest BCUT2D eigenvalue weighted by molar-refractivity contribution is -0.386. The topological polar surface area (TPSA) is 65.3 Å². The average molecular weight is 293 g/mol. The van der Waals surface area contributed by atoms with Crippen molar-refractivity contribution < 1.29 is 9.66 Å². The van der Waals surface area contributed by atoms with Crippen LogP contribution in [0.1, 0.15) is 16.8 Å². The van der Waals surface area contributed by atoms with E-state index in [9.17, 15) is 10.1 Å². The van der Waals surface area contributed by atoms with E-state index in [1.807, 2.05) is 0 Å². The summed E-state index contributed by atoms with van der Waals surface area (Å²) in [6, 6.07) is 7.06. The Morgan fingerprint density at radius 1 is 1.35 bits per heavy atom. The minimum Gasteiger partial charge on any atom is -0.486 e. The first-order valence-corrected chi connectivity index (χ1v) is 6.35. The molecule has 0 aliphatic rings. The Morgan fingerprint density at radius 3 is 2.70 bits per heavy atom. The minimum absolute atomic E-state index is 0.0813. The number of pyridine rings is 1. The SMILES string of the molecule is Cc1cnc(COc2ccccc2Cl)c(C)c1[N+](=O)[O-]. The fourth-order valence-electron chi connectivity index (χ4n) is 1.90. The van der Waals surface area contributed by atoms with Crippen LogP contribution in [0.15, 0.2) is 30.5 Å². The molecule has 0 aliphatic carbocycles. The van der Waals surface area contributed by atoms with Crippen LogP contribution in [-0.4, -0.2) is 9.91 Å². The number of nitro groups is 1. The van der Waals surface area contributed by atoms with Crippen molar-refractivity contribution in [1.82, 2.24) is 4.98 Å². The Morgan fingerprint density at radius 2 is 2.05 bits per heavy atom. The van der Waals surface area contributed by atoms with Crippen LogP contribution in [0.3, 0.4) is 0 Å². The van der Waals surface area contributed by atoms with Crippen LogP contribution in [0.5, 0.6) is 5.75 Å². The molecular formula is C14H13ClN2O3. The zero-order valence-electron chi connectivity index (χ0n) is 11.1. The normalized spacial score (nSPS) is 10.3. The molecule has 5 nitrogen and oxygen atoms in total. The number of aromatic nitrogens is 1. The molecule has 0 radical (unpaired) electrons. The van der Waals surface area contributed by atoms with Gasteiger partial charge < -0.3 is 4.74 Å². The van der Waals surface area contributed by atoms with Crippen LogP contribution >= 0.6 is 11.6 Å². The van der Waals surface area contributed by atoms with Gasteiger partial charge in [0.1, 0.15) is 12.4 Å². The van der Waals surface area contributed by atoms with Crippen molar-refractivity contribution in [3.8, 4) is 5.75 Å². The molecule has 0 atom stereocenters. The van der Waals surface area contributed by atoms with E-state index in [1.54, 1.807) is 38.1 Å². The van der Waals surface area contributed by atoms with Crippen molar-refractivity contribution in [2.75, 3.05) is 0 Å². The summed E-state index contributed by atoms with van der Waals surface area (Å²) in [5.41, 5.74) is 1.66. The second-order valence-corrected chi connectivity index (χ2v) is 4.74. The number of nitrogens with zero attached hydrogens (tertiary/aromatic N) is 2. The molecular weight excluding hydrogens is 280 g/mol. The van der Waals surface area contributed by atoms with E-state index in [4.69, 9.17) is 16.3 Å². The van der Waals surface area contributed by atoms with Crippen molar-refractivity contribution in [2.24, 2.45) is 0 Å². The van der Waals surface area contributed by atoms with Gasteiger partial charge in [0.15, 0.2) is 0 Å². The third-order valence-corrected chi connectivity index (χ3v) is 3.27. The first-order chi connectivity index (χ1) is 9.50. The van der Waals surface area contributed by atoms with Crippen LogP contribution in [0.25, 0.3) is 0 Å². The van der Waals surface area contributed by atoms with Gasteiger partial charge in [0, 0.05) is 11.8 Å². The molecule has 0 saturated heterocycles. The summed E-state index contributed by atoms with van der Waals surface area (Å²) in [5.74, 6) is 0.526. The molecule has 2 rings (SSSR count). The van der Waals surface area contributed by atoms with Gasteiger partial charge in [-0.3, -0.25) is 15.1 Å². The maximum absolute atomic E-state index is 11.0. The quantitative estimate of drug-likeness (QED) is 0.634. The summed E-state index contributed by atoms with van der Waals surface area (Å²) >= 11 is 5.98. The third-order valence-electron chi connectivity index (χ3n) is 2.96. The van der Waals surface area contributed by atoms with Crippen molar-refractivity contribution in [1.29, 1.82) is 0 Å². The molecule has 0 amide bonds. The molecule has 0 aliphatic heterocycles. The molecule has 6 heteroatoms. The number of hydrogen-bond donors (Lipinski definition) is 0. The molecule has 0 unspecified atom stereocenters. The second-order valence-electron chi connectivity index (χ2n) is 4.34. The van der Waals surface area contributed by atoms with E-state index in [2.05, 4.69) is 4.98 Å². The standard InChI is InChI=1S/C14H13ClN2O3/c1-9-7-16-12(10(2)14(9)17(18)19)8-20-13-6-4-3-5-11(13)15/h3-7H,8H2,1-2H3. The van der Waals surface area contributed by atoms with Gasteiger partial charge in [-0.2, -0.15) is 0 Å². The molecule has 0 N–H and O–H groups in total. The van der Waals surface area contributed by atoms with E-state index < -0.39 is 4.92 Å². The minimum atomic E-state index is -0.397. The van der Waals surface area contributed by atoms with E-state index in [-0.39, 0.29) is 12.3 Å². The number of benzene rings is 1. The summed E-state index contributed by atoms with van der Waals surface area (Å²) in [4.78, 5) is 14.8. The first kappa shape index (κ1) is 14.3. The van der Waals surface area contributed by atoms with Crippen molar-refractivity contribution in [3.63, 3.8) is 0 Å². The van der Waals surface area contributed by atoms with Crippen molar-refractivity contribution in [2.45, 2.75) is 20.5 Å². The van der Waals surface area contributed by atoms with Gasteiger partial charge in [-0.15, -0.1) is 0 Å². The highest BCUT2D eigenvalue weighted by molar-refractivity contribution is 6.32. The van der Waals surface area contributed by atoms with Gasteiger partial charge in [0.05, 0.1) is 21.2 Å². The lowest BCUT2D eigenvalue weighted by Gasteiger charge is -2.10. The van der Waals surface area contributed by atoms with Gasteiger partial charge in [0.2, 0.25) is 0 Å². The van der Waals surface area contributed by atoms with Crippen LogP contribution in [0, 0.1) is 24.0 Å². The zero-order chi connectivity index (χ0) is 14.7. The molecule has 0 saturated carbocycles. The number of halogens is 1. The van der Waals surface area contributed by atoms with E-state index in [0.29, 0.717) is 27.6 Å². The molecule has 0 bridgehead atoms. The van der Waals surface area contributed by atoms with Crippen LogP contribution in [-0.2, 0) is 6.61 Å². The number of aryl methyl sites for hydroxylation is 1. The Labute approximate surface area is 121 Å². The van der Waals surface area contributed by atoms with Gasteiger partial charge in [-0.05, 0) is 26.0 Å². The van der Waals surface area contributed by atoms with Crippen LogP contribution < -0.4 is 4.74 Å². The zero-order valence-corrected chi connectivity index (χ0v) is 11.8. The fourth-order valence-corrected chi connectivity index (χ4v) is 2.09. The fraction of sp³-hybridized carbons (Fsp3) is 0.214. The van der Waals surface area contributed by atoms with Crippen LogP contribution in [0.2, 0.25) is 5.02 Å². The highest BCUT2D eigenvalue weighted by Crippen LogP contribution is 2.27. The van der Waals surface area contributed by atoms with Gasteiger partial charge >= 0.3 is 0 Å². The molecule has 104 valence electrons. The maximum Gasteiger partial charge on any atom is 0.278 e. The summed E-state index contributed by atoms with van der Waals surface area (Å²) < 4.78 is 5.56. The van der Waals surface area contributed by atoms with E-state index in [1.165, 1.54) is 6.20 Å². The smallest absolute Gasteiger partial charge is 0.278 e. The number of para-hydroxylation sites is 1. The summed E-state index contributed by atoms with van der Waals surface area (Å²) in [6.07, 6.45) is 1.48. The number of ether oxygens (including phenoxy) is 1. The molecule has 0 spiro atoms. The lowest BCUT2D eigenvalue weighted by atomic mass is 10.1. The van der Waals surface area contributed by atoms with Gasteiger partial charge in [0.25, 0.3) is 5.69 Å². The van der Waals surface area contributed by atoms with E-state index >= 15 is 0 Å². The van der Waals surface area contributed by atoms with Crippen molar-refractivity contribution in [3.05, 3.63) is 62.4 Å². The number of rotatable bonds is 4. The lowest BCUT2D eigenvalue weighted by Crippen LogP contribution is -2.05. The summed E-state index contributed by atoms with van der Waals surface area (Å²) in [6.45, 7) is 3.47.